The molecule has 0 rings (SSSR count). The zero-order valence-electron chi connectivity index (χ0n) is 8.58. The average molecular weight is 188 g/mol. The predicted octanol–water partition coefficient (Wildman–Crippen LogP) is -0.143. The fraction of sp³-hybridized carbons (Fsp3) is 0.889. The van der Waals surface area contributed by atoms with Crippen molar-refractivity contribution in [3.05, 3.63) is 0 Å². The molecule has 0 aromatic heterocycles. The first-order valence-electron chi connectivity index (χ1n) is 4.69. The summed E-state index contributed by atoms with van der Waals surface area (Å²) < 4.78 is 0. The van der Waals surface area contributed by atoms with Crippen LogP contribution in [0, 0.1) is 5.92 Å². The molecule has 0 aromatic rings. The Balaban J connectivity index is 3.96. The molecule has 0 aliphatic carbocycles. The Labute approximate surface area is 79.5 Å². The van der Waals surface area contributed by atoms with Gasteiger partial charge in [0.1, 0.15) is 0 Å². The van der Waals surface area contributed by atoms with Crippen LogP contribution in [-0.4, -0.2) is 29.7 Å². The summed E-state index contributed by atoms with van der Waals surface area (Å²) in [6, 6.07) is -0.693. The van der Waals surface area contributed by atoms with Crippen molar-refractivity contribution in [3.63, 3.8) is 0 Å². The lowest BCUT2D eigenvalue weighted by atomic mass is 9.99. The van der Waals surface area contributed by atoms with Gasteiger partial charge in [0.25, 0.3) is 0 Å². The van der Waals surface area contributed by atoms with Crippen LogP contribution < -0.4 is 11.1 Å². The van der Waals surface area contributed by atoms with Gasteiger partial charge in [0, 0.05) is 6.04 Å². The highest BCUT2D eigenvalue weighted by Gasteiger charge is 2.20. The number of carbonyl (C=O) groups is 1. The standard InChI is InChI=1S/C9H20N2O2/c1-4-6(2)8(10)9(13)11-7(3)5-12/h6-8,12H,4-5,10H2,1-3H3,(H,11,13)/t6-,7?,8-/m0/s1. The van der Waals surface area contributed by atoms with E-state index in [4.69, 9.17) is 10.8 Å². The molecule has 4 N–H and O–H groups in total. The highest BCUT2D eigenvalue weighted by Crippen LogP contribution is 2.05. The molecule has 1 unspecified atom stereocenters. The summed E-state index contributed by atoms with van der Waals surface area (Å²) in [7, 11) is 0. The second-order valence-corrected chi connectivity index (χ2v) is 3.50. The number of aliphatic hydroxyl groups excluding tert-OH is 1. The normalized spacial score (nSPS) is 17.6. The Kier molecular flexibility index (Phi) is 5.66. The van der Waals surface area contributed by atoms with Gasteiger partial charge in [-0.3, -0.25) is 4.79 Å². The van der Waals surface area contributed by atoms with Gasteiger partial charge in [-0.2, -0.15) is 0 Å². The maximum Gasteiger partial charge on any atom is 0.237 e. The number of amides is 1. The molecule has 0 radical (unpaired) electrons. The zero-order chi connectivity index (χ0) is 10.4. The minimum Gasteiger partial charge on any atom is -0.394 e. The van der Waals surface area contributed by atoms with E-state index in [9.17, 15) is 4.79 Å². The van der Waals surface area contributed by atoms with Gasteiger partial charge in [-0.05, 0) is 12.8 Å². The van der Waals surface area contributed by atoms with Crippen molar-refractivity contribution in [2.45, 2.75) is 39.3 Å². The fourth-order valence-electron chi connectivity index (χ4n) is 0.897. The molecule has 4 nitrogen and oxygen atoms in total. The quantitative estimate of drug-likeness (QED) is 0.562. The third-order valence-electron chi connectivity index (χ3n) is 2.22. The van der Waals surface area contributed by atoms with E-state index < -0.39 is 6.04 Å². The first kappa shape index (κ1) is 12.4. The zero-order valence-corrected chi connectivity index (χ0v) is 8.58. The van der Waals surface area contributed by atoms with Crippen LogP contribution in [0.2, 0.25) is 0 Å². The van der Waals surface area contributed by atoms with Crippen LogP contribution in [-0.2, 0) is 4.79 Å². The van der Waals surface area contributed by atoms with E-state index in [0.29, 0.717) is 0 Å². The first-order chi connectivity index (χ1) is 6.02. The summed E-state index contributed by atoms with van der Waals surface area (Å²) in [4.78, 5) is 11.4. The molecule has 0 saturated heterocycles. The number of rotatable bonds is 5. The van der Waals surface area contributed by atoms with E-state index in [0.717, 1.165) is 6.42 Å². The minimum absolute atomic E-state index is 0.0566. The molecule has 0 saturated carbocycles. The van der Waals surface area contributed by atoms with Gasteiger partial charge in [-0.1, -0.05) is 20.3 Å². The van der Waals surface area contributed by atoms with Crippen LogP contribution in [0.3, 0.4) is 0 Å². The summed E-state index contributed by atoms with van der Waals surface area (Å²) >= 11 is 0. The second kappa shape index (κ2) is 5.94. The van der Waals surface area contributed by atoms with Gasteiger partial charge in [-0.25, -0.2) is 0 Å². The number of hydrogen-bond donors (Lipinski definition) is 3. The van der Waals surface area contributed by atoms with Gasteiger partial charge in [0.15, 0.2) is 0 Å². The van der Waals surface area contributed by atoms with E-state index >= 15 is 0 Å². The Hall–Kier alpha value is -0.610. The minimum atomic E-state index is -0.473. The Morgan fingerprint density at radius 1 is 1.54 bits per heavy atom. The van der Waals surface area contributed by atoms with E-state index in [2.05, 4.69) is 5.32 Å². The molecular weight excluding hydrogens is 168 g/mol. The summed E-state index contributed by atoms with van der Waals surface area (Å²) in [6.45, 7) is 5.61. The molecular formula is C9H20N2O2. The number of nitrogens with one attached hydrogen (secondary N) is 1. The van der Waals surface area contributed by atoms with Crippen LogP contribution in [0.5, 0.6) is 0 Å². The van der Waals surface area contributed by atoms with Gasteiger partial charge in [-0.15, -0.1) is 0 Å². The molecule has 13 heavy (non-hydrogen) atoms. The number of carbonyl (C=O) groups excluding carboxylic acids is 1. The van der Waals surface area contributed by atoms with Crippen molar-refractivity contribution in [1.82, 2.24) is 5.32 Å². The third-order valence-corrected chi connectivity index (χ3v) is 2.22. The van der Waals surface area contributed by atoms with Crippen molar-refractivity contribution in [2.75, 3.05) is 6.61 Å². The Morgan fingerprint density at radius 3 is 2.46 bits per heavy atom. The summed E-state index contributed by atoms with van der Waals surface area (Å²) in [6.07, 6.45) is 0.877. The summed E-state index contributed by atoms with van der Waals surface area (Å²) in [5, 5.41) is 11.3. The predicted molar refractivity (Wildman–Crippen MR) is 52.1 cm³/mol. The molecule has 0 aliphatic rings. The second-order valence-electron chi connectivity index (χ2n) is 3.50. The molecule has 1 amide bonds. The maximum absolute atomic E-state index is 11.4. The van der Waals surface area contributed by atoms with Crippen LogP contribution in [0.4, 0.5) is 0 Å². The molecule has 0 aliphatic heterocycles. The van der Waals surface area contributed by atoms with E-state index in [1.165, 1.54) is 0 Å². The molecule has 0 aromatic carbocycles. The van der Waals surface area contributed by atoms with Crippen LogP contribution in [0.1, 0.15) is 27.2 Å². The first-order valence-corrected chi connectivity index (χ1v) is 4.69. The van der Waals surface area contributed by atoms with Gasteiger partial charge in [0.2, 0.25) is 5.91 Å². The molecule has 0 bridgehead atoms. The van der Waals surface area contributed by atoms with Crippen molar-refractivity contribution in [2.24, 2.45) is 11.7 Å². The van der Waals surface area contributed by atoms with E-state index in [1.807, 2.05) is 13.8 Å². The largest absolute Gasteiger partial charge is 0.394 e. The number of nitrogens with two attached hydrogens (primary N) is 1. The molecule has 0 heterocycles. The van der Waals surface area contributed by atoms with E-state index in [-0.39, 0.29) is 24.5 Å². The molecule has 0 spiro atoms. The van der Waals surface area contributed by atoms with Gasteiger partial charge < -0.3 is 16.2 Å². The molecule has 78 valence electrons. The van der Waals surface area contributed by atoms with Crippen LogP contribution in [0.25, 0.3) is 0 Å². The van der Waals surface area contributed by atoms with Crippen molar-refractivity contribution in [3.8, 4) is 0 Å². The Morgan fingerprint density at radius 2 is 2.08 bits per heavy atom. The molecule has 4 heteroatoms. The van der Waals surface area contributed by atoms with Gasteiger partial charge >= 0.3 is 0 Å². The lowest BCUT2D eigenvalue weighted by Crippen LogP contribution is -2.48. The van der Waals surface area contributed by atoms with Gasteiger partial charge in [0.05, 0.1) is 12.6 Å². The Bertz CT molecular complexity index is 162. The average Bonchev–Trinajstić information content (AvgIpc) is 2.14. The monoisotopic (exact) mass is 188 g/mol. The van der Waals surface area contributed by atoms with Crippen molar-refractivity contribution in [1.29, 1.82) is 0 Å². The molecule has 3 atom stereocenters. The fourth-order valence-corrected chi connectivity index (χ4v) is 0.897. The molecule has 0 fully saturated rings. The SMILES string of the molecule is CC[C@H](C)[C@H](N)C(=O)NC(C)CO. The highest BCUT2D eigenvalue weighted by atomic mass is 16.3. The topological polar surface area (TPSA) is 75.4 Å². The van der Waals surface area contributed by atoms with Crippen LogP contribution >= 0.6 is 0 Å². The number of hydrogen-bond acceptors (Lipinski definition) is 3. The highest BCUT2D eigenvalue weighted by molar-refractivity contribution is 5.82. The lowest BCUT2D eigenvalue weighted by molar-refractivity contribution is -0.124. The smallest absolute Gasteiger partial charge is 0.237 e. The summed E-state index contributed by atoms with van der Waals surface area (Å²) in [5.41, 5.74) is 5.68. The van der Waals surface area contributed by atoms with Crippen molar-refractivity contribution >= 4 is 5.91 Å². The third kappa shape index (κ3) is 4.24. The number of aliphatic hydroxyl groups is 1. The van der Waals surface area contributed by atoms with Crippen LogP contribution in [0.15, 0.2) is 0 Å². The van der Waals surface area contributed by atoms with Crippen molar-refractivity contribution < 1.29 is 9.90 Å². The lowest BCUT2D eigenvalue weighted by Gasteiger charge is -2.19. The summed E-state index contributed by atoms with van der Waals surface area (Å²) in [5.74, 6) is -0.0122. The maximum atomic E-state index is 11.4. The van der Waals surface area contributed by atoms with E-state index in [1.54, 1.807) is 6.92 Å².